The van der Waals surface area contributed by atoms with Crippen LogP contribution in [0.5, 0.6) is 5.75 Å². The monoisotopic (exact) mass is 375 g/mol. The van der Waals surface area contributed by atoms with Gasteiger partial charge in [0, 0.05) is 24.2 Å². The number of amides is 4. The third-order valence-electron chi connectivity index (χ3n) is 4.74. The summed E-state index contributed by atoms with van der Waals surface area (Å²) in [5.74, 6) is -1.20. The van der Waals surface area contributed by atoms with Gasteiger partial charge in [-0.2, -0.15) is 0 Å². The van der Waals surface area contributed by atoms with Gasteiger partial charge in [0.2, 0.25) is 5.91 Å². The highest BCUT2D eigenvalue weighted by Gasteiger charge is 2.47. The molecule has 1 unspecified atom stereocenters. The lowest BCUT2D eigenvalue weighted by Gasteiger charge is -2.18. The molecule has 2 heterocycles. The summed E-state index contributed by atoms with van der Waals surface area (Å²) in [7, 11) is 1.48. The molecule has 0 aromatic heterocycles. The number of carboxylic acid groups (broad SMARTS) is 1. The number of methoxy groups -OCH3 is 1. The Bertz CT molecular complexity index is 771. The van der Waals surface area contributed by atoms with Crippen molar-refractivity contribution < 1.29 is 29.0 Å². The van der Waals surface area contributed by atoms with E-state index in [1.54, 1.807) is 23.1 Å². The third-order valence-corrected chi connectivity index (χ3v) is 4.74. The lowest BCUT2D eigenvalue weighted by atomic mass is 10.1. The van der Waals surface area contributed by atoms with Gasteiger partial charge < -0.3 is 20.1 Å². The first-order chi connectivity index (χ1) is 12.9. The van der Waals surface area contributed by atoms with Crippen LogP contribution in [0.2, 0.25) is 0 Å². The van der Waals surface area contributed by atoms with Crippen molar-refractivity contribution in [3.63, 3.8) is 0 Å². The van der Waals surface area contributed by atoms with Crippen molar-refractivity contribution in [3.8, 4) is 5.75 Å². The molecule has 0 saturated carbocycles. The van der Waals surface area contributed by atoms with Crippen LogP contribution < -0.4 is 10.1 Å². The molecule has 0 aliphatic carbocycles. The molecule has 1 aromatic carbocycles. The second-order valence-electron chi connectivity index (χ2n) is 6.53. The third kappa shape index (κ3) is 3.86. The molecule has 2 N–H and O–H groups in total. The fourth-order valence-corrected chi connectivity index (χ4v) is 3.42. The van der Waals surface area contributed by atoms with Gasteiger partial charge in [-0.15, -0.1) is 0 Å². The largest absolute Gasteiger partial charge is 0.496 e. The van der Waals surface area contributed by atoms with Crippen molar-refractivity contribution in [2.75, 3.05) is 19.0 Å². The van der Waals surface area contributed by atoms with Crippen LogP contribution >= 0.6 is 0 Å². The van der Waals surface area contributed by atoms with E-state index in [1.165, 1.54) is 12.0 Å². The summed E-state index contributed by atoms with van der Waals surface area (Å²) in [6.07, 6.45) is 1.11. The first kappa shape index (κ1) is 18.7. The highest BCUT2D eigenvalue weighted by atomic mass is 16.5. The molecule has 2 aliphatic heterocycles. The zero-order valence-corrected chi connectivity index (χ0v) is 14.9. The second kappa shape index (κ2) is 7.65. The second-order valence-corrected chi connectivity index (χ2v) is 6.53. The van der Waals surface area contributed by atoms with Crippen LogP contribution in [0, 0.1) is 0 Å². The van der Waals surface area contributed by atoms with Crippen LogP contribution in [0.15, 0.2) is 18.2 Å². The first-order valence-electron chi connectivity index (χ1n) is 8.71. The standard InChI is InChI=1S/C18H21N3O6/c1-27-14-5-4-12(19-15(22)6-7-16(23)24)9-11(14)10-21-17(25)13-3-2-8-20(13)18(21)26/h4-5,9,13H,2-3,6-8,10H2,1H3,(H,19,22)(H,23,24). The van der Waals surface area contributed by atoms with Crippen LogP contribution in [0.3, 0.4) is 0 Å². The summed E-state index contributed by atoms with van der Waals surface area (Å²) >= 11 is 0. The Balaban J connectivity index is 1.74. The summed E-state index contributed by atoms with van der Waals surface area (Å²) in [5, 5.41) is 11.3. The van der Waals surface area contributed by atoms with Gasteiger partial charge >= 0.3 is 12.0 Å². The Labute approximate surface area is 155 Å². The lowest BCUT2D eigenvalue weighted by Crippen LogP contribution is -2.32. The average Bonchev–Trinajstić information content (AvgIpc) is 3.20. The van der Waals surface area contributed by atoms with Gasteiger partial charge in [0.1, 0.15) is 11.8 Å². The normalized spacial score (nSPS) is 18.6. The molecular weight excluding hydrogens is 354 g/mol. The van der Waals surface area contributed by atoms with Crippen molar-refractivity contribution in [1.29, 1.82) is 0 Å². The molecule has 9 heteroatoms. The van der Waals surface area contributed by atoms with Crippen LogP contribution in [-0.2, 0) is 20.9 Å². The minimum Gasteiger partial charge on any atom is -0.496 e. The average molecular weight is 375 g/mol. The first-order valence-corrected chi connectivity index (χ1v) is 8.71. The van der Waals surface area contributed by atoms with E-state index in [4.69, 9.17) is 9.84 Å². The Kier molecular flexibility index (Phi) is 5.29. The molecule has 144 valence electrons. The number of nitrogens with zero attached hydrogens (tertiary/aromatic N) is 2. The number of anilines is 1. The highest BCUT2D eigenvalue weighted by Crippen LogP contribution is 2.31. The molecule has 9 nitrogen and oxygen atoms in total. The van der Waals surface area contributed by atoms with Crippen LogP contribution in [-0.4, -0.2) is 58.4 Å². The van der Waals surface area contributed by atoms with Gasteiger partial charge in [-0.1, -0.05) is 0 Å². The van der Waals surface area contributed by atoms with Crippen molar-refractivity contribution in [2.45, 2.75) is 38.3 Å². The van der Waals surface area contributed by atoms with Crippen LogP contribution in [0.25, 0.3) is 0 Å². The number of nitrogens with one attached hydrogen (secondary N) is 1. The molecule has 1 atom stereocenters. The van der Waals surface area contributed by atoms with Gasteiger partial charge in [0.05, 0.1) is 20.1 Å². The number of rotatable bonds is 7. The molecule has 0 bridgehead atoms. The number of hydrogen-bond donors (Lipinski definition) is 2. The number of ether oxygens (including phenoxy) is 1. The summed E-state index contributed by atoms with van der Waals surface area (Å²) in [4.78, 5) is 50.2. The maximum atomic E-state index is 12.5. The molecular formula is C18H21N3O6. The van der Waals surface area contributed by atoms with E-state index in [1.807, 2.05) is 0 Å². The van der Waals surface area contributed by atoms with E-state index in [-0.39, 0.29) is 37.4 Å². The van der Waals surface area contributed by atoms with Crippen molar-refractivity contribution in [3.05, 3.63) is 23.8 Å². The fourth-order valence-electron chi connectivity index (χ4n) is 3.42. The lowest BCUT2D eigenvalue weighted by molar-refractivity contribution is -0.138. The number of carbonyl (C=O) groups excluding carboxylic acids is 3. The summed E-state index contributed by atoms with van der Waals surface area (Å²) in [6, 6.07) is 4.20. The number of imide groups is 1. The maximum Gasteiger partial charge on any atom is 0.327 e. The summed E-state index contributed by atoms with van der Waals surface area (Å²) in [5.41, 5.74) is 1.03. The molecule has 2 aliphatic rings. The Morgan fingerprint density at radius 1 is 1.30 bits per heavy atom. The topological polar surface area (TPSA) is 116 Å². The maximum absolute atomic E-state index is 12.5. The number of aliphatic carboxylic acids is 1. The number of carbonyl (C=O) groups is 4. The zero-order valence-electron chi connectivity index (χ0n) is 14.9. The minimum atomic E-state index is -1.05. The molecule has 4 amide bonds. The highest BCUT2D eigenvalue weighted by molar-refractivity contribution is 6.04. The van der Waals surface area contributed by atoms with Crippen LogP contribution in [0.1, 0.15) is 31.2 Å². The van der Waals surface area contributed by atoms with Gasteiger partial charge in [0.15, 0.2) is 0 Å². The van der Waals surface area contributed by atoms with E-state index in [0.717, 1.165) is 6.42 Å². The predicted molar refractivity (Wildman–Crippen MR) is 94.2 cm³/mol. The Hall–Kier alpha value is -3.10. The number of urea groups is 1. The van der Waals surface area contributed by atoms with Gasteiger partial charge in [-0.05, 0) is 31.0 Å². The number of carboxylic acids is 1. The molecule has 27 heavy (non-hydrogen) atoms. The van der Waals surface area contributed by atoms with E-state index in [9.17, 15) is 19.2 Å². The molecule has 1 aromatic rings. The number of hydrogen-bond acceptors (Lipinski definition) is 5. The quantitative estimate of drug-likeness (QED) is 0.697. The van der Waals surface area contributed by atoms with Crippen molar-refractivity contribution >= 4 is 29.5 Å². The SMILES string of the molecule is COc1ccc(NC(=O)CCC(=O)O)cc1CN1C(=O)C2CCCN2C1=O. The van der Waals surface area contributed by atoms with Crippen molar-refractivity contribution in [1.82, 2.24) is 9.80 Å². The van der Waals surface area contributed by atoms with Crippen molar-refractivity contribution in [2.24, 2.45) is 0 Å². The molecule has 0 spiro atoms. The molecule has 2 fully saturated rings. The van der Waals surface area contributed by atoms with E-state index >= 15 is 0 Å². The molecule has 3 rings (SSSR count). The minimum absolute atomic E-state index is 0.0483. The number of benzene rings is 1. The van der Waals surface area contributed by atoms with E-state index in [0.29, 0.717) is 30.0 Å². The Morgan fingerprint density at radius 2 is 2.07 bits per heavy atom. The van der Waals surface area contributed by atoms with Gasteiger partial charge in [-0.3, -0.25) is 19.3 Å². The number of fused-ring (bicyclic) bond motifs is 1. The zero-order chi connectivity index (χ0) is 19.6. The van der Waals surface area contributed by atoms with E-state index < -0.39 is 11.9 Å². The predicted octanol–water partition coefficient (Wildman–Crippen LogP) is 1.43. The smallest absolute Gasteiger partial charge is 0.327 e. The van der Waals surface area contributed by atoms with Gasteiger partial charge in [0.25, 0.3) is 5.91 Å². The van der Waals surface area contributed by atoms with Gasteiger partial charge in [-0.25, -0.2) is 4.79 Å². The fraction of sp³-hybridized carbons (Fsp3) is 0.444. The summed E-state index contributed by atoms with van der Waals surface area (Å²) in [6.45, 7) is 0.634. The van der Waals surface area contributed by atoms with E-state index in [2.05, 4.69) is 5.32 Å². The molecule has 2 saturated heterocycles. The van der Waals surface area contributed by atoms with Crippen LogP contribution in [0.4, 0.5) is 10.5 Å². The summed E-state index contributed by atoms with van der Waals surface area (Å²) < 4.78 is 5.31. The molecule has 0 radical (unpaired) electrons. The Morgan fingerprint density at radius 3 is 2.74 bits per heavy atom.